The Morgan fingerprint density at radius 3 is 2.40 bits per heavy atom. The summed E-state index contributed by atoms with van der Waals surface area (Å²) in [6.07, 6.45) is -0.632. The van der Waals surface area contributed by atoms with Crippen LogP contribution in [0.5, 0.6) is 5.75 Å². The zero-order valence-electron chi connectivity index (χ0n) is 17.0. The van der Waals surface area contributed by atoms with E-state index < -0.39 is 12.1 Å². The van der Waals surface area contributed by atoms with Gasteiger partial charge in [-0.15, -0.1) is 0 Å². The summed E-state index contributed by atoms with van der Waals surface area (Å²) in [5.74, 6) is -0.685. The number of benzene rings is 3. The summed E-state index contributed by atoms with van der Waals surface area (Å²) in [5.41, 5.74) is 1.86. The molecular weight excluding hydrogens is 382 g/mol. The minimum absolute atomic E-state index is 0.107. The van der Waals surface area contributed by atoms with Crippen LogP contribution in [0.25, 0.3) is 10.8 Å². The highest BCUT2D eigenvalue weighted by Gasteiger charge is 2.17. The van der Waals surface area contributed by atoms with Gasteiger partial charge >= 0.3 is 5.97 Å². The van der Waals surface area contributed by atoms with Gasteiger partial charge in [-0.05, 0) is 41.0 Å². The molecule has 30 heavy (non-hydrogen) atoms. The number of carboxylic acid groups (broad SMARTS) is 1. The van der Waals surface area contributed by atoms with Gasteiger partial charge in [0.25, 0.3) is 5.91 Å². The van der Waals surface area contributed by atoms with Crippen LogP contribution >= 0.6 is 0 Å². The number of methoxy groups -OCH3 is 1. The van der Waals surface area contributed by atoms with Gasteiger partial charge in [-0.25, -0.2) is 4.79 Å². The highest BCUT2D eigenvalue weighted by molar-refractivity contribution is 5.87. The van der Waals surface area contributed by atoms with Crippen LogP contribution in [0.4, 0.5) is 0 Å². The summed E-state index contributed by atoms with van der Waals surface area (Å²) in [5, 5.41) is 14.3. The second-order valence-electron chi connectivity index (χ2n) is 7.06. The smallest absolute Gasteiger partial charge is 0.333 e. The summed E-state index contributed by atoms with van der Waals surface area (Å²) in [4.78, 5) is 23.4. The molecule has 1 amide bonds. The molecule has 0 heterocycles. The number of aliphatic carboxylic acids is 1. The number of ether oxygens (including phenoxy) is 2. The summed E-state index contributed by atoms with van der Waals surface area (Å²) >= 11 is 0. The fourth-order valence-corrected chi connectivity index (χ4v) is 3.35. The third-order valence-corrected chi connectivity index (χ3v) is 4.94. The standard InChI is InChI=1S/C24H25NO5/c1-16(20-9-5-7-18-6-3-4-8-21(18)20)25-23(26)15-30-19-12-10-17(11-13-19)14-22(29-2)24(27)28/h3-13,16,22H,14-15H2,1-2H3,(H,25,26)(H,27,28). The Hall–Kier alpha value is -3.38. The van der Waals surface area contributed by atoms with Crippen LogP contribution in [0.2, 0.25) is 0 Å². The maximum atomic E-state index is 12.3. The van der Waals surface area contributed by atoms with Gasteiger partial charge in [0.05, 0.1) is 6.04 Å². The van der Waals surface area contributed by atoms with E-state index in [1.807, 2.05) is 49.4 Å². The second-order valence-corrected chi connectivity index (χ2v) is 7.06. The SMILES string of the molecule is COC(Cc1ccc(OCC(=O)NC(C)c2cccc3ccccc23)cc1)C(=O)O. The van der Waals surface area contributed by atoms with Gasteiger partial charge in [0.15, 0.2) is 12.7 Å². The number of hydrogen-bond donors (Lipinski definition) is 2. The van der Waals surface area contributed by atoms with Crippen molar-refractivity contribution in [3.05, 3.63) is 77.9 Å². The van der Waals surface area contributed by atoms with Crippen LogP contribution in [0, 0.1) is 0 Å². The van der Waals surface area contributed by atoms with Crippen LogP contribution in [0.3, 0.4) is 0 Å². The lowest BCUT2D eigenvalue weighted by atomic mass is 10.00. The number of amides is 1. The summed E-state index contributed by atoms with van der Waals surface area (Å²) in [7, 11) is 1.37. The molecule has 0 aliphatic heterocycles. The molecule has 3 aromatic carbocycles. The molecule has 0 spiro atoms. The molecule has 156 valence electrons. The summed E-state index contributed by atoms with van der Waals surface area (Å²) in [6, 6.07) is 20.9. The minimum Gasteiger partial charge on any atom is -0.484 e. The number of fused-ring (bicyclic) bond motifs is 1. The van der Waals surface area contributed by atoms with E-state index in [-0.39, 0.29) is 25.0 Å². The zero-order chi connectivity index (χ0) is 21.5. The van der Waals surface area contributed by atoms with Crippen molar-refractivity contribution in [2.24, 2.45) is 0 Å². The van der Waals surface area contributed by atoms with E-state index >= 15 is 0 Å². The predicted octanol–water partition coefficient (Wildman–Crippen LogP) is 3.74. The molecule has 0 saturated heterocycles. The van der Waals surface area contributed by atoms with Crippen LogP contribution < -0.4 is 10.1 Å². The van der Waals surface area contributed by atoms with E-state index in [1.165, 1.54) is 7.11 Å². The van der Waals surface area contributed by atoms with Gasteiger partial charge in [-0.3, -0.25) is 4.79 Å². The quantitative estimate of drug-likeness (QED) is 0.564. The Balaban J connectivity index is 1.54. The van der Waals surface area contributed by atoms with Crippen LogP contribution in [0.15, 0.2) is 66.7 Å². The fourth-order valence-electron chi connectivity index (χ4n) is 3.35. The first-order chi connectivity index (χ1) is 14.5. The molecule has 0 bridgehead atoms. The van der Waals surface area contributed by atoms with E-state index in [2.05, 4.69) is 5.32 Å². The van der Waals surface area contributed by atoms with Gasteiger partial charge in [0.2, 0.25) is 0 Å². The summed E-state index contributed by atoms with van der Waals surface area (Å²) < 4.78 is 10.5. The van der Waals surface area contributed by atoms with Crippen LogP contribution in [-0.4, -0.2) is 36.8 Å². The first kappa shape index (κ1) is 21.3. The number of carbonyl (C=O) groups excluding carboxylic acids is 1. The van der Waals surface area contributed by atoms with Gasteiger partial charge in [-0.2, -0.15) is 0 Å². The molecule has 0 aliphatic rings. The maximum Gasteiger partial charge on any atom is 0.333 e. The molecule has 3 aromatic rings. The monoisotopic (exact) mass is 407 g/mol. The lowest BCUT2D eigenvalue weighted by Crippen LogP contribution is -2.31. The largest absolute Gasteiger partial charge is 0.484 e. The Labute approximate surface area is 175 Å². The highest BCUT2D eigenvalue weighted by Crippen LogP contribution is 2.24. The molecule has 6 heteroatoms. The molecule has 0 fully saturated rings. The molecule has 6 nitrogen and oxygen atoms in total. The van der Waals surface area contributed by atoms with E-state index in [4.69, 9.17) is 14.6 Å². The fraction of sp³-hybridized carbons (Fsp3) is 0.250. The number of hydrogen-bond acceptors (Lipinski definition) is 4. The first-order valence-electron chi connectivity index (χ1n) is 9.72. The van der Waals surface area contributed by atoms with E-state index in [1.54, 1.807) is 24.3 Å². The lowest BCUT2D eigenvalue weighted by molar-refractivity contribution is -0.148. The molecule has 0 aliphatic carbocycles. The second kappa shape index (κ2) is 9.89. The van der Waals surface area contributed by atoms with Crippen molar-refractivity contribution in [2.75, 3.05) is 13.7 Å². The van der Waals surface area contributed by atoms with E-state index in [0.717, 1.165) is 21.9 Å². The van der Waals surface area contributed by atoms with E-state index in [9.17, 15) is 9.59 Å². The van der Waals surface area contributed by atoms with Gasteiger partial charge in [0.1, 0.15) is 5.75 Å². The summed E-state index contributed by atoms with van der Waals surface area (Å²) in [6.45, 7) is 1.84. The van der Waals surface area contributed by atoms with Crippen molar-refractivity contribution in [2.45, 2.75) is 25.5 Å². The van der Waals surface area contributed by atoms with Crippen molar-refractivity contribution in [3.63, 3.8) is 0 Å². The molecule has 2 atom stereocenters. The zero-order valence-corrected chi connectivity index (χ0v) is 17.0. The Kier molecular flexibility index (Phi) is 7.03. The third-order valence-electron chi connectivity index (χ3n) is 4.94. The number of nitrogens with one attached hydrogen (secondary N) is 1. The average molecular weight is 407 g/mol. The lowest BCUT2D eigenvalue weighted by Gasteiger charge is -2.17. The predicted molar refractivity (Wildman–Crippen MR) is 115 cm³/mol. The van der Waals surface area contributed by atoms with Crippen LogP contribution in [0.1, 0.15) is 24.1 Å². The topological polar surface area (TPSA) is 84.9 Å². The van der Waals surface area contributed by atoms with Gasteiger partial charge < -0.3 is 19.9 Å². The molecule has 0 saturated carbocycles. The number of carbonyl (C=O) groups is 2. The van der Waals surface area contributed by atoms with Gasteiger partial charge in [-0.1, -0.05) is 54.6 Å². The molecule has 0 aromatic heterocycles. The Morgan fingerprint density at radius 2 is 1.70 bits per heavy atom. The third kappa shape index (κ3) is 5.36. The van der Waals surface area contributed by atoms with E-state index in [0.29, 0.717) is 5.75 Å². The first-order valence-corrected chi connectivity index (χ1v) is 9.72. The van der Waals surface area contributed by atoms with Crippen molar-refractivity contribution in [3.8, 4) is 5.75 Å². The Morgan fingerprint density at radius 1 is 1.00 bits per heavy atom. The molecule has 2 N–H and O–H groups in total. The molecular formula is C24H25NO5. The van der Waals surface area contributed by atoms with Crippen molar-refractivity contribution >= 4 is 22.6 Å². The maximum absolute atomic E-state index is 12.3. The number of carboxylic acids is 1. The molecule has 0 radical (unpaired) electrons. The average Bonchev–Trinajstić information content (AvgIpc) is 2.76. The minimum atomic E-state index is -1.00. The van der Waals surface area contributed by atoms with Crippen LogP contribution in [-0.2, 0) is 20.7 Å². The molecule has 3 rings (SSSR count). The van der Waals surface area contributed by atoms with Crippen molar-refractivity contribution < 1.29 is 24.2 Å². The van der Waals surface area contributed by atoms with Crippen molar-refractivity contribution in [1.82, 2.24) is 5.32 Å². The normalized spacial score (nSPS) is 12.9. The molecule has 2 unspecified atom stereocenters. The van der Waals surface area contributed by atoms with Gasteiger partial charge in [0, 0.05) is 13.5 Å². The Bertz CT molecular complexity index is 1010. The highest BCUT2D eigenvalue weighted by atomic mass is 16.5. The number of rotatable bonds is 9. The van der Waals surface area contributed by atoms with Crippen molar-refractivity contribution in [1.29, 1.82) is 0 Å².